The maximum absolute atomic E-state index is 12.8. The number of carbonyl (C=O) groups excluding carboxylic acids is 1. The lowest BCUT2D eigenvalue weighted by molar-refractivity contribution is 0.0215. The van der Waals surface area contributed by atoms with Gasteiger partial charge in [-0.1, -0.05) is 6.07 Å². The van der Waals surface area contributed by atoms with E-state index in [-0.39, 0.29) is 12.1 Å². The smallest absolute Gasteiger partial charge is 0.410 e. The zero-order valence-corrected chi connectivity index (χ0v) is 21.6. The van der Waals surface area contributed by atoms with Gasteiger partial charge in [-0.15, -0.1) is 11.3 Å². The number of likely N-dealkylation sites (tertiary alicyclic amines) is 1. The first-order chi connectivity index (χ1) is 16.6. The Hall–Kier alpha value is -3.33. The first-order valence-corrected chi connectivity index (χ1v) is 12.6. The van der Waals surface area contributed by atoms with Crippen molar-refractivity contribution in [3.8, 4) is 16.2 Å². The van der Waals surface area contributed by atoms with Crippen LogP contribution in [0.3, 0.4) is 0 Å². The molecule has 35 heavy (non-hydrogen) atoms. The van der Waals surface area contributed by atoms with Crippen molar-refractivity contribution >= 4 is 44.4 Å². The van der Waals surface area contributed by atoms with E-state index in [2.05, 4.69) is 45.9 Å². The van der Waals surface area contributed by atoms with Crippen molar-refractivity contribution in [3.63, 3.8) is 0 Å². The van der Waals surface area contributed by atoms with Gasteiger partial charge in [0.15, 0.2) is 0 Å². The number of hydrogen-bond acceptors (Lipinski definition) is 7. The molecule has 0 spiro atoms. The van der Waals surface area contributed by atoms with E-state index in [4.69, 9.17) is 15.2 Å². The lowest BCUT2D eigenvalue weighted by Gasteiger charge is -2.28. The molecule has 3 aromatic heterocycles. The largest absolute Gasteiger partial charge is 0.495 e. The van der Waals surface area contributed by atoms with Crippen molar-refractivity contribution in [1.82, 2.24) is 19.4 Å². The summed E-state index contributed by atoms with van der Waals surface area (Å²) in [5, 5.41) is 1.96. The molecule has 4 aromatic rings. The Bertz CT molecular complexity index is 1420. The van der Waals surface area contributed by atoms with Gasteiger partial charge in [-0.05, 0) is 63.6 Å². The number of anilines is 1. The molecular formula is C26H31N5O3S. The molecular weight excluding hydrogens is 462 g/mol. The topological polar surface area (TPSA) is 95.5 Å². The molecule has 2 N–H and O–H groups in total. The van der Waals surface area contributed by atoms with Crippen LogP contribution in [-0.2, 0) is 11.3 Å². The minimum atomic E-state index is -0.528. The van der Waals surface area contributed by atoms with Crippen molar-refractivity contribution in [3.05, 3.63) is 36.3 Å². The van der Waals surface area contributed by atoms with Gasteiger partial charge in [-0.3, -0.25) is 0 Å². The third kappa shape index (κ3) is 4.40. The maximum atomic E-state index is 12.8. The Balaban J connectivity index is 1.55. The molecule has 0 bridgehead atoms. The van der Waals surface area contributed by atoms with E-state index in [0.29, 0.717) is 18.9 Å². The summed E-state index contributed by atoms with van der Waals surface area (Å²) in [7, 11) is 1.70. The summed E-state index contributed by atoms with van der Waals surface area (Å²) in [4.78, 5) is 24.6. The zero-order valence-electron chi connectivity index (χ0n) is 20.8. The number of nitrogens with zero attached hydrogens (tertiary/aromatic N) is 4. The van der Waals surface area contributed by atoms with Crippen LogP contribution in [0.4, 0.5) is 10.6 Å². The van der Waals surface area contributed by atoms with E-state index in [1.165, 1.54) is 6.33 Å². The number of ether oxygens (including phenoxy) is 2. The van der Waals surface area contributed by atoms with Crippen LogP contribution in [0.15, 0.2) is 30.7 Å². The number of hydrogen-bond donors (Lipinski definition) is 1. The van der Waals surface area contributed by atoms with Crippen LogP contribution in [-0.4, -0.2) is 50.8 Å². The summed E-state index contributed by atoms with van der Waals surface area (Å²) in [6.45, 7) is 9.04. The van der Waals surface area contributed by atoms with E-state index < -0.39 is 5.60 Å². The summed E-state index contributed by atoms with van der Waals surface area (Å²) >= 11 is 1.67. The quantitative estimate of drug-likeness (QED) is 0.397. The number of nitrogen functional groups attached to an aromatic ring is 1. The number of nitrogens with two attached hydrogens (primary N) is 1. The predicted octanol–water partition coefficient (Wildman–Crippen LogP) is 5.61. The highest BCUT2D eigenvalue weighted by atomic mass is 32.1. The van der Waals surface area contributed by atoms with E-state index >= 15 is 0 Å². The normalized spacial score (nSPS) is 16.4. The molecule has 1 amide bonds. The average Bonchev–Trinajstić information content (AvgIpc) is 3.50. The third-order valence-electron chi connectivity index (χ3n) is 6.31. The maximum Gasteiger partial charge on any atom is 0.410 e. The number of rotatable bonds is 4. The second kappa shape index (κ2) is 8.71. The molecule has 4 heterocycles. The van der Waals surface area contributed by atoms with Gasteiger partial charge in [0.2, 0.25) is 0 Å². The Labute approximate surface area is 208 Å². The molecule has 1 fully saturated rings. The number of carbonyl (C=O) groups is 1. The molecule has 1 aliphatic heterocycles. The highest BCUT2D eigenvalue weighted by Gasteiger charge is 2.33. The minimum Gasteiger partial charge on any atom is -0.495 e. The van der Waals surface area contributed by atoms with Crippen LogP contribution >= 0.6 is 11.3 Å². The second-order valence-corrected chi connectivity index (χ2v) is 11.2. The Morgan fingerprint density at radius 3 is 2.80 bits per heavy atom. The third-order valence-corrected chi connectivity index (χ3v) is 7.51. The van der Waals surface area contributed by atoms with Gasteiger partial charge in [0, 0.05) is 29.7 Å². The molecule has 0 radical (unpaired) electrons. The molecule has 1 saturated heterocycles. The van der Waals surface area contributed by atoms with Gasteiger partial charge < -0.3 is 24.7 Å². The fraction of sp³-hybridized carbons (Fsp3) is 0.423. The van der Waals surface area contributed by atoms with Crippen LogP contribution in [0.1, 0.15) is 39.2 Å². The number of amides is 1. The minimum absolute atomic E-state index is 0.0228. The summed E-state index contributed by atoms with van der Waals surface area (Å²) < 4.78 is 14.5. The van der Waals surface area contributed by atoms with Gasteiger partial charge in [0.1, 0.15) is 29.1 Å². The molecule has 1 aliphatic rings. The zero-order chi connectivity index (χ0) is 24.9. The van der Waals surface area contributed by atoms with Crippen LogP contribution < -0.4 is 10.5 Å². The molecule has 5 rings (SSSR count). The standard InChI is InChI=1S/C26H31N5O3S/c1-15-9-16-11-20(35-22(16)19(10-15)33-5)18-13-30(24-21(18)23(27)28-14-29-24)12-17-7-6-8-31(17)25(32)34-26(2,3)4/h9-11,13-14,17H,6-8,12H2,1-5H3,(H2,27,28,29). The van der Waals surface area contributed by atoms with Crippen LogP contribution in [0.25, 0.3) is 31.6 Å². The van der Waals surface area contributed by atoms with E-state index in [0.717, 1.165) is 55.7 Å². The van der Waals surface area contributed by atoms with Gasteiger partial charge in [0.05, 0.1) is 23.2 Å². The van der Waals surface area contributed by atoms with Crippen LogP contribution in [0.2, 0.25) is 0 Å². The number of methoxy groups -OCH3 is 1. The SMILES string of the molecule is COc1cc(C)cc2cc(-c3cn(CC4CCCN4C(=O)OC(C)(C)C)c4ncnc(N)c34)sc12. The monoisotopic (exact) mass is 493 g/mol. The van der Waals surface area contributed by atoms with Crippen molar-refractivity contribution in [2.24, 2.45) is 0 Å². The molecule has 1 atom stereocenters. The van der Waals surface area contributed by atoms with Gasteiger partial charge in [-0.25, -0.2) is 14.8 Å². The summed E-state index contributed by atoms with van der Waals surface area (Å²) in [5.74, 6) is 1.31. The van der Waals surface area contributed by atoms with Crippen molar-refractivity contribution in [2.75, 3.05) is 19.4 Å². The van der Waals surface area contributed by atoms with E-state index in [1.807, 2.05) is 25.7 Å². The number of fused-ring (bicyclic) bond motifs is 2. The van der Waals surface area contributed by atoms with Gasteiger partial charge in [0.25, 0.3) is 0 Å². The molecule has 1 unspecified atom stereocenters. The Morgan fingerprint density at radius 2 is 2.06 bits per heavy atom. The number of benzene rings is 1. The average molecular weight is 494 g/mol. The molecule has 0 aliphatic carbocycles. The van der Waals surface area contributed by atoms with Gasteiger partial charge in [-0.2, -0.15) is 0 Å². The van der Waals surface area contributed by atoms with E-state index in [1.54, 1.807) is 18.4 Å². The molecule has 184 valence electrons. The first kappa shape index (κ1) is 23.4. The lowest BCUT2D eigenvalue weighted by Crippen LogP contribution is -2.41. The molecule has 0 saturated carbocycles. The highest BCUT2D eigenvalue weighted by Crippen LogP contribution is 2.43. The molecule has 1 aromatic carbocycles. The summed E-state index contributed by atoms with van der Waals surface area (Å²) in [6.07, 6.45) is 5.18. The first-order valence-electron chi connectivity index (χ1n) is 11.8. The fourth-order valence-electron chi connectivity index (χ4n) is 4.84. The predicted molar refractivity (Wildman–Crippen MR) is 140 cm³/mol. The van der Waals surface area contributed by atoms with Crippen molar-refractivity contribution in [1.29, 1.82) is 0 Å². The van der Waals surface area contributed by atoms with Gasteiger partial charge >= 0.3 is 6.09 Å². The van der Waals surface area contributed by atoms with Crippen molar-refractivity contribution in [2.45, 2.75) is 58.7 Å². The highest BCUT2D eigenvalue weighted by molar-refractivity contribution is 7.22. The molecule has 9 heteroatoms. The molecule has 8 nitrogen and oxygen atoms in total. The fourth-order valence-corrected chi connectivity index (χ4v) is 5.98. The van der Waals surface area contributed by atoms with Crippen LogP contribution in [0.5, 0.6) is 5.75 Å². The van der Waals surface area contributed by atoms with Crippen molar-refractivity contribution < 1.29 is 14.3 Å². The lowest BCUT2D eigenvalue weighted by atomic mass is 10.1. The summed E-state index contributed by atoms with van der Waals surface area (Å²) in [5.41, 5.74) is 8.74. The number of aryl methyl sites for hydroxylation is 1. The van der Waals surface area contributed by atoms with Crippen LogP contribution in [0, 0.1) is 6.92 Å². The Kier molecular flexibility index (Phi) is 5.83. The Morgan fingerprint density at radius 1 is 1.26 bits per heavy atom. The summed E-state index contributed by atoms with van der Waals surface area (Å²) in [6, 6.07) is 6.40. The van der Waals surface area contributed by atoms with E-state index in [9.17, 15) is 4.79 Å². The second-order valence-electron chi connectivity index (χ2n) is 10.1. The number of thiophene rings is 1. The number of aromatic nitrogens is 3.